The van der Waals surface area contributed by atoms with E-state index in [1.165, 1.54) is 18.3 Å². The van der Waals surface area contributed by atoms with Crippen molar-refractivity contribution in [3.05, 3.63) is 41.8 Å². The molecule has 2 aliphatic heterocycles. The van der Waals surface area contributed by atoms with E-state index in [4.69, 9.17) is 4.74 Å². The highest BCUT2D eigenvalue weighted by atomic mass is 19.1. The molecule has 0 unspecified atom stereocenters. The lowest BCUT2D eigenvalue weighted by atomic mass is 9.72. The van der Waals surface area contributed by atoms with Crippen LogP contribution in [0.5, 0.6) is 0 Å². The van der Waals surface area contributed by atoms with Gasteiger partial charge in [-0.15, -0.1) is 0 Å². The number of ether oxygens (including phenoxy) is 1. The van der Waals surface area contributed by atoms with Crippen molar-refractivity contribution in [3.8, 4) is 11.3 Å². The molecule has 0 aliphatic carbocycles. The van der Waals surface area contributed by atoms with Crippen LogP contribution in [0.1, 0.15) is 49.9 Å². The Balaban J connectivity index is 1.67. The van der Waals surface area contributed by atoms with E-state index in [0.29, 0.717) is 36.3 Å². The van der Waals surface area contributed by atoms with E-state index in [9.17, 15) is 14.0 Å². The Bertz CT molecular complexity index is 912. The standard InChI is InChI=1S/C21H24FN3O3/c1-3-21(20(27)28-4-2)11-15-8-9-17(21)25(15)19(26)16-12-23-24-18(16)13-6-5-7-14(22)10-13/h5-7,10,12,15,17H,3-4,8-9,11H2,1-2H3,(H,23,24)/t15-,17+,21+/m1/s1. The molecule has 3 atom stereocenters. The quantitative estimate of drug-likeness (QED) is 0.799. The fourth-order valence-corrected chi connectivity index (χ4v) is 4.96. The van der Waals surface area contributed by atoms with Crippen molar-refractivity contribution in [1.29, 1.82) is 0 Å². The van der Waals surface area contributed by atoms with Gasteiger partial charge in [-0.05, 0) is 44.7 Å². The zero-order valence-electron chi connectivity index (χ0n) is 16.1. The first-order chi connectivity index (χ1) is 13.5. The highest BCUT2D eigenvalue weighted by Gasteiger charge is 2.61. The Morgan fingerprint density at radius 1 is 1.36 bits per heavy atom. The van der Waals surface area contributed by atoms with Crippen LogP contribution in [0.2, 0.25) is 0 Å². The van der Waals surface area contributed by atoms with E-state index in [-0.39, 0.29) is 29.8 Å². The molecule has 3 heterocycles. The monoisotopic (exact) mass is 385 g/mol. The summed E-state index contributed by atoms with van der Waals surface area (Å²) in [6, 6.07) is 5.90. The van der Waals surface area contributed by atoms with Crippen LogP contribution in [-0.4, -0.2) is 45.7 Å². The fourth-order valence-electron chi connectivity index (χ4n) is 4.96. The van der Waals surface area contributed by atoms with Crippen LogP contribution in [0.3, 0.4) is 0 Å². The van der Waals surface area contributed by atoms with Crippen molar-refractivity contribution in [1.82, 2.24) is 15.1 Å². The molecule has 1 N–H and O–H groups in total. The topological polar surface area (TPSA) is 75.3 Å². The van der Waals surface area contributed by atoms with E-state index < -0.39 is 5.41 Å². The van der Waals surface area contributed by atoms with Crippen LogP contribution in [0.4, 0.5) is 4.39 Å². The number of hydrogen-bond acceptors (Lipinski definition) is 4. The minimum Gasteiger partial charge on any atom is -0.466 e. The molecule has 2 saturated heterocycles. The second-order valence-electron chi connectivity index (χ2n) is 7.56. The Labute approximate surface area is 163 Å². The van der Waals surface area contributed by atoms with Crippen molar-refractivity contribution in [2.24, 2.45) is 5.41 Å². The lowest BCUT2D eigenvalue weighted by Gasteiger charge is -2.34. The molecule has 1 aromatic carbocycles. The number of fused-ring (bicyclic) bond motifs is 2. The molecule has 2 aromatic rings. The normalized spacial score (nSPS) is 25.9. The predicted molar refractivity (Wildman–Crippen MR) is 101 cm³/mol. The molecule has 28 heavy (non-hydrogen) atoms. The van der Waals surface area contributed by atoms with Crippen molar-refractivity contribution < 1.29 is 18.7 Å². The SMILES string of the molecule is CCOC(=O)[C@@]1(CC)C[C@H]2CC[C@@H]1N2C(=O)c1cn[nH]c1-c1cccc(F)c1. The predicted octanol–water partition coefficient (Wildman–Crippen LogP) is 3.55. The number of nitrogens with one attached hydrogen (secondary N) is 1. The second kappa shape index (κ2) is 7.04. The molecule has 148 valence electrons. The van der Waals surface area contributed by atoms with Gasteiger partial charge in [-0.1, -0.05) is 19.1 Å². The molecule has 2 aliphatic rings. The summed E-state index contributed by atoms with van der Waals surface area (Å²) in [4.78, 5) is 28.0. The maximum Gasteiger partial charge on any atom is 0.314 e. The summed E-state index contributed by atoms with van der Waals surface area (Å²) in [5.74, 6) is -0.751. The number of rotatable bonds is 5. The van der Waals surface area contributed by atoms with E-state index >= 15 is 0 Å². The van der Waals surface area contributed by atoms with Gasteiger partial charge in [-0.2, -0.15) is 5.10 Å². The third-order valence-corrected chi connectivity index (χ3v) is 6.27. The van der Waals surface area contributed by atoms with Gasteiger partial charge in [0.25, 0.3) is 5.91 Å². The summed E-state index contributed by atoms with van der Waals surface area (Å²) in [6.07, 6.45) is 4.42. The molecule has 6 nitrogen and oxygen atoms in total. The number of amides is 1. The van der Waals surface area contributed by atoms with Crippen LogP contribution in [0, 0.1) is 11.2 Å². The van der Waals surface area contributed by atoms with Gasteiger partial charge < -0.3 is 9.64 Å². The van der Waals surface area contributed by atoms with Crippen LogP contribution in [-0.2, 0) is 9.53 Å². The number of carbonyl (C=O) groups excluding carboxylic acids is 2. The highest BCUT2D eigenvalue weighted by molar-refractivity contribution is 6.01. The number of benzene rings is 1. The molecule has 0 saturated carbocycles. The van der Waals surface area contributed by atoms with Crippen LogP contribution in [0.25, 0.3) is 11.3 Å². The molecule has 0 spiro atoms. The molecule has 2 fully saturated rings. The smallest absolute Gasteiger partial charge is 0.314 e. The first kappa shape index (κ1) is 18.7. The first-order valence-corrected chi connectivity index (χ1v) is 9.81. The van der Waals surface area contributed by atoms with Gasteiger partial charge in [-0.25, -0.2) is 4.39 Å². The summed E-state index contributed by atoms with van der Waals surface area (Å²) >= 11 is 0. The molecule has 1 aromatic heterocycles. The zero-order valence-corrected chi connectivity index (χ0v) is 16.1. The maximum atomic E-state index is 13.7. The van der Waals surface area contributed by atoms with E-state index in [2.05, 4.69) is 10.2 Å². The number of H-pyrrole nitrogens is 1. The molecule has 1 amide bonds. The van der Waals surface area contributed by atoms with Crippen molar-refractivity contribution in [3.63, 3.8) is 0 Å². The zero-order chi connectivity index (χ0) is 19.9. The number of nitrogens with zero attached hydrogens (tertiary/aromatic N) is 2. The Kier molecular flexibility index (Phi) is 4.69. The third kappa shape index (κ3) is 2.72. The van der Waals surface area contributed by atoms with Crippen molar-refractivity contribution in [2.75, 3.05) is 6.61 Å². The average Bonchev–Trinajstić information content (AvgIpc) is 3.41. The summed E-state index contributed by atoms with van der Waals surface area (Å²) in [7, 11) is 0. The van der Waals surface area contributed by atoms with Gasteiger partial charge in [-0.3, -0.25) is 14.7 Å². The van der Waals surface area contributed by atoms with Crippen molar-refractivity contribution in [2.45, 2.75) is 51.6 Å². The minimum absolute atomic E-state index is 0.0112. The van der Waals surface area contributed by atoms with Gasteiger partial charge in [0.05, 0.1) is 29.5 Å². The number of aromatic amines is 1. The maximum absolute atomic E-state index is 13.7. The van der Waals surface area contributed by atoms with Crippen LogP contribution < -0.4 is 0 Å². The van der Waals surface area contributed by atoms with Gasteiger partial charge >= 0.3 is 5.97 Å². The largest absolute Gasteiger partial charge is 0.466 e. The van der Waals surface area contributed by atoms with E-state index in [1.54, 1.807) is 19.1 Å². The summed E-state index contributed by atoms with van der Waals surface area (Å²) in [5, 5.41) is 6.85. The van der Waals surface area contributed by atoms with Gasteiger partial charge in [0, 0.05) is 17.6 Å². The van der Waals surface area contributed by atoms with Crippen LogP contribution in [0.15, 0.2) is 30.5 Å². The number of esters is 1. The summed E-state index contributed by atoms with van der Waals surface area (Å²) < 4.78 is 19.0. The Hall–Kier alpha value is -2.70. The van der Waals surface area contributed by atoms with Gasteiger partial charge in [0.2, 0.25) is 0 Å². The summed E-state index contributed by atoms with van der Waals surface area (Å²) in [5.41, 5.74) is 0.823. The number of halogens is 1. The molecule has 2 bridgehead atoms. The average molecular weight is 385 g/mol. The molecular weight excluding hydrogens is 361 g/mol. The number of hydrogen-bond donors (Lipinski definition) is 1. The first-order valence-electron chi connectivity index (χ1n) is 9.81. The van der Waals surface area contributed by atoms with E-state index in [1.807, 2.05) is 11.8 Å². The number of aromatic nitrogens is 2. The fraction of sp³-hybridized carbons (Fsp3) is 0.476. The van der Waals surface area contributed by atoms with E-state index in [0.717, 1.165) is 12.8 Å². The Morgan fingerprint density at radius 2 is 2.18 bits per heavy atom. The van der Waals surface area contributed by atoms with Gasteiger partial charge in [0.15, 0.2) is 0 Å². The molecule has 4 rings (SSSR count). The lowest BCUT2D eigenvalue weighted by molar-refractivity contribution is -0.157. The molecule has 7 heteroatoms. The molecule has 0 radical (unpaired) electrons. The summed E-state index contributed by atoms with van der Waals surface area (Å²) in [6.45, 7) is 4.11. The van der Waals surface area contributed by atoms with Crippen LogP contribution >= 0.6 is 0 Å². The third-order valence-electron chi connectivity index (χ3n) is 6.27. The van der Waals surface area contributed by atoms with Gasteiger partial charge in [0.1, 0.15) is 5.82 Å². The number of carbonyl (C=O) groups is 2. The van der Waals surface area contributed by atoms with Crippen molar-refractivity contribution >= 4 is 11.9 Å². The second-order valence-corrected chi connectivity index (χ2v) is 7.56. The highest BCUT2D eigenvalue weighted by Crippen LogP contribution is 2.53. The lowest BCUT2D eigenvalue weighted by Crippen LogP contribution is -2.45. The Morgan fingerprint density at radius 3 is 2.89 bits per heavy atom. The molecular formula is C21H24FN3O3. The minimum atomic E-state index is -0.642.